The van der Waals surface area contributed by atoms with Crippen LogP contribution in [0.25, 0.3) is 0 Å². The number of aliphatic hydroxyl groups is 1. The Hall–Kier alpha value is -1.08. The van der Waals surface area contributed by atoms with E-state index in [1.54, 1.807) is 0 Å². The van der Waals surface area contributed by atoms with Crippen LogP contribution in [0.1, 0.15) is 35.2 Å². The second-order valence-electron chi connectivity index (χ2n) is 4.93. The molecular weight excluding hydrogens is 339 g/mol. The maximum absolute atomic E-state index is 12.9. The van der Waals surface area contributed by atoms with Crippen molar-refractivity contribution in [1.29, 1.82) is 0 Å². The molecule has 2 N–H and O–H groups in total. The molecule has 1 fully saturated rings. The average Bonchev–Trinajstić information content (AvgIpc) is 2.32. The molecule has 1 aliphatic carbocycles. The summed E-state index contributed by atoms with van der Waals surface area (Å²) in [4.78, 5) is 12.1. The second kappa shape index (κ2) is 5.37. The van der Waals surface area contributed by atoms with Gasteiger partial charge in [0.15, 0.2) is 0 Å². The third kappa shape index (κ3) is 2.98. The number of aliphatic hydroxyl groups excluding tert-OH is 1. The minimum absolute atomic E-state index is 0.252. The zero-order valence-electron chi connectivity index (χ0n) is 10.4. The lowest BCUT2D eigenvalue weighted by molar-refractivity contribution is -0.138. The van der Waals surface area contributed by atoms with Crippen LogP contribution in [-0.2, 0) is 6.18 Å². The molecule has 0 unspecified atom stereocenters. The molecule has 0 aliphatic heterocycles. The van der Waals surface area contributed by atoms with E-state index in [1.807, 2.05) is 0 Å². The van der Waals surface area contributed by atoms with E-state index >= 15 is 0 Å². The van der Waals surface area contributed by atoms with E-state index in [4.69, 9.17) is 0 Å². The van der Waals surface area contributed by atoms with Gasteiger partial charge in [0.25, 0.3) is 5.91 Å². The summed E-state index contributed by atoms with van der Waals surface area (Å²) in [6.45, 7) is -0.267. The molecule has 1 amide bonds. The number of hydrogen-bond donors (Lipinski definition) is 2. The Morgan fingerprint density at radius 3 is 2.50 bits per heavy atom. The Morgan fingerprint density at radius 2 is 2.05 bits per heavy atom. The largest absolute Gasteiger partial charge is 0.417 e. The Bertz CT molecular complexity index is 521. The molecule has 3 nitrogen and oxygen atoms in total. The fraction of sp³-hybridized carbons (Fsp3) is 0.462. The van der Waals surface area contributed by atoms with Crippen LogP contribution in [0.5, 0.6) is 0 Å². The normalized spacial score (nSPS) is 17.4. The molecule has 0 aromatic heterocycles. The van der Waals surface area contributed by atoms with Gasteiger partial charge in [-0.2, -0.15) is 13.2 Å². The molecule has 1 saturated carbocycles. The van der Waals surface area contributed by atoms with Gasteiger partial charge in [-0.05, 0) is 37.5 Å². The molecule has 0 saturated heterocycles. The highest BCUT2D eigenvalue weighted by Gasteiger charge is 2.40. The lowest BCUT2D eigenvalue weighted by atomic mass is 9.77. The van der Waals surface area contributed by atoms with Crippen molar-refractivity contribution in [3.8, 4) is 0 Å². The van der Waals surface area contributed by atoms with Gasteiger partial charge in [-0.3, -0.25) is 4.79 Å². The topological polar surface area (TPSA) is 49.3 Å². The summed E-state index contributed by atoms with van der Waals surface area (Å²) >= 11 is 2.97. The molecule has 110 valence electrons. The maximum atomic E-state index is 12.9. The van der Waals surface area contributed by atoms with E-state index in [0.717, 1.165) is 18.6 Å². The van der Waals surface area contributed by atoms with Crippen molar-refractivity contribution in [2.45, 2.75) is 31.0 Å². The van der Waals surface area contributed by atoms with E-state index in [-0.39, 0.29) is 11.1 Å². The Labute approximate surface area is 122 Å². The predicted octanol–water partition coefficient (Wildman–Crippen LogP) is 3.11. The van der Waals surface area contributed by atoms with Crippen molar-refractivity contribution >= 4 is 21.8 Å². The van der Waals surface area contributed by atoms with E-state index in [0.29, 0.717) is 12.8 Å². The number of benzene rings is 1. The number of nitrogens with one attached hydrogen (secondary N) is 1. The smallest absolute Gasteiger partial charge is 0.394 e. The zero-order chi connectivity index (χ0) is 15.0. The van der Waals surface area contributed by atoms with Crippen LogP contribution in [0.4, 0.5) is 13.2 Å². The fourth-order valence-electron chi connectivity index (χ4n) is 2.18. The lowest BCUT2D eigenvalue weighted by Gasteiger charge is -2.41. The minimum Gasteiger partial charge on any atom is -0.394 e. The molecule has 0 bridgehead atoms. The number of rotatable bonds is 3. The highest BCUT2D eigenvalue weighted by atomic mass is 79.9. The maximum Gasteiger partial charge on any atom is 0.417 e. The number of alkyl halides is 3. The molecule has 0 atom stereocenters. The Balaban J connectivity index is 2.30. The number of halogens is 4. The number of carbonyl (C=O) groups excluding carboxylic acids is 1. The summed E-state index contributed by atoms with van der Waals surface area (Å²) < 4.78 is 39.1. The molecule has 2 rings (SSSR count). The Morgan fingerprint density at radius 1 is 1.40 bits per heavy atom. The zero-order valence-corrected chi connectivity index (χ0v) is 12.0. The van der Waals surface area contributed by atoms with Crippen molar-refractivity contribution < 1.29 is 23.1 Å². The van der Waals surface area contributed by atoms with E-state index < -0.39 is 28.7 Å². The van der Waals surface area contributed by atoms with Crippen molar-refractivity contribution in [3.63, 3.8) is 0 Å². The first-order valence-corrected chi connectivity index (χ1v) is 6.87. The van der Waals surface area contributed by atoms with Crippen molar-refractivity contribution in [3.05, 3.63) is 33.8 Å². The van der Waals surface area contributed by atoms with Crippen molar-refractivity contribution in [2.75, 3.05) is 6.61 Å². The highest BCUT2D eigenvalue weighted by Crippen LogP contribution is 2.35. The molecule has 0 radical (unpaired) electrons. The minimum atomic E-state index is -4.61. The van der Waals surface area contributed by atoms with Gasteiger partial charge in [-0.1, -0.05) is 15.9 Å². The lowest BCUT2D eigenvalue weighted by Crippen LogP contribution is -2.56. The summed E-state index contributed by atoms with van der Waals surface area (Å²) in [7, 11) is 0. The van der Waals surface area contributed by atoms with Gasteiger partial charge in [-0.25, -0.2) is 0 Å². The van der Waals surface area contributed by atoms with Crippen LogP contribution in [0.3, 0.4) is 0 Å². The van der Waals surface area contributed by atoms with Crippen LogP contribution in [0, 0.1) is 0 Å². The average molecular weight is 352 g/mol. The summed E-state index contributed by atoms with van der Waals surface area (Å²) in [5.41, 5.74) is -2.19. The van der Waals surface area contributed by atoms with Crippen LogP contribution >= 0.6 is 15.9 Å². The number of carbonyl (C=O) groups is 1. The molecule has 20 heavy (non-hydrogen) atoms. The first kappa shape index (κ1) is 15.3. The SMILES string of the molecule is O=C(NC1(CO)CCC1)c1ccc(Br)cc1C(F)(F)F. The van der Waals surface area contributed by atoms with Crippen molar-refractivity contribution in [1.82, 2.24) is 5.32 Å². The molecule has 7 heteroatoms. The third-order valence-corrected chi connectivity index (χ3v) is 4.02. The molecule has 0 heterocycles. The summed E-state index contributed by atoms with van der Waals surface area (Å²) in [5, 5.41) is 11.8. The van der Waals surface area contributed by atoms with Crippen molar-refractivity contribution in [2.24, 2.45) is 0 Å². The van der Waals surface area contributed by atoms with Crippen LogP contribution in [0.15, 0.2) is 22.7 Å². The standard InChI is InChI=1S/C13H13BrF3NO2/c14-8-2-3-9(10(6-8)13(15,16)17)11(20)18-12(7-19)4-1-5-12/h2-3,6,19H,1,4-5,7H2,(H,18,20). The van der Waals surface area contributed by atoms with Gasteiger partial charge >= 0.3 is 6.18 Å². The van der Waals surface area contributed by atoms with Gasteiger partial charge in [0.05, 0.1) is 23.3 Å². The quantitative estimate of drug-likeness (QED) is 0.878. The first-order chi connectivity index (χ1) is 9.27. The van der Waals surface area contributed by atoms with Gasteiger partial charge in [0, 0.05) is 4.47 Å². The monoisotopic (exact) mass is 351 g/mol. The summed E-state index contributed by atoms with van der Waals surface area (Å²) in [6, 6.07) is 3.39. The molecule has 1 aromatic rings. The second-order valence-corrected chi connectivity index (χ2v) is 5.85. The molecule has 1 aliphatic rings. The van der Waals surface area contributed by atoms with E-state index in [1.165, 1.54) is 6.07 Å². The molecular formula is C13H13BrF3NO2. The summed E-state index contributed by atoms with van der Waals surface area (Å²) in [6.07, 6.45) is -2.62. The Kier molecular flexibility index (Phi) is 4.11. The van der Waals surface area contributed by atoms with Gasteiger partial charge < -0.3 is 10.4 Å². The third-order valence-electron chi connectivity index (χ3n) is 3.52. The summed E-state index contributed by atoms with van der Waals surface area (Å²) in [5.74, 6) is -0.807. The van der Waals surface area contributed by atoms with Gasteiger partial charge in [-0.15, -0.1) is 0 Å². The first-order valence-electron chi connectivity index (χ1n) is 6.07. The van der Waals surface area contributed by atoms with Gasteiger partial charge in [0.2, 0.25) is 0 Å². The number of hydrogen-bond acceptors (Lipinski definition) is 2. The van der Waals surface area contributed by atoms with E-state index in [9.17, 15) is 23.1 Å². The van der Waals surface area contributed by atoms with Gasteiger partial charge in [0.1, 0.15) is 0 Å². The van der Waals surface area contributed by atoms with E-state index in [2.05, 4.69) is 21.2 Å². The van der Waals surface area contributed by atoms with Crippen LogP contribution in [-0.4, -0.2) is 23.2 Å². The van der Waals surface area contributed by atoms with Crippen LogP contribution < -0.4 is 5.32 Å². The molecule has 1 aromatic carbocycles. The predicted molar refractivity (Wildman–Crippen MR) is 70.3 cm³/mol. The highest BCUT2D eigenvalue weighted by molar-refractivity contribution is 9.10. The van der Waals surface area contributed by atoms with Crippen LogP contribution in [0.2, 0.25) is 0 Å². The molecule has 0 spiro atoms. The number of amides is 1. The fourth-order valence-corrected chi connectivity index (χ4v) is 2.54.